The van der Waals surface area contributed by atoms with E-state index in [9.17, 15) is 5.11 Å². The van der Waals surface area contributed by atoms with E-state index in [0.29, 0.717) is 19.1 Å². The van der Waals surface area contributed by atoms with Gasteiger partial charge in [-0.25, -0.2) is 4.98 Å². The fraction of sp³-hybridized carbons (Fsp3) is 0.750. The molecule has 1 atom stereocenters. The van der Waals surface area contributed by atoms with Crippen LogP contribution in [0.5, 0.6) is 0 Å². The number of hydrogen-bond acceptors (Lipinski definition) is 5. The summed E-state index contributed by atoms with van der Waals surface area (Å²) in [4.78, 5) is 5.71. The lowest BCUT2D eigenvalue weighted by atomic mass is 9.86. The van der Waals surface area contributed by atoms with Gasteiger partial charge in [0, 0.05) is 37.2 Å². The zero-order valence-corrected chi connectivity index (χ0v) is 11.0. The van der Waals surface area contributed by atoms with Gasteiger partial charge in [0.2, 0.25) is 0 Å². The Labute approximate surface area is 106 Å². The molecule has 5 heteroatoms. The molecule has 0 saturated heterocycles. The molecule has 96 valence electrons. The first-order valence-electron chi connectivity index (χ1n) is 6.12. The molecule has 0 amide bonds. The van der Waals surface area contributed by atoms with Gasteiger partial charge in [0.05, 0.1) is 17.7 Å². The van der Waals surface area contributed by atoms with Gasteiger partial charge >= 0.3 is 0 Å². The first-order valence-corrected chi connectivity index (χ1v) is 6.93. The van der Waals surface area contributed by atoms with Crippen molar-refractivity contribution in [3.05, 3.63) is 16.1 Å². The van der Waals surface area contributed by atoms with Crippen molar-refractivity contribution in [3.8, 4) is 0 Å². The van der Waals surface area contributed by atoms with E-state index in [0.717, 1.165) is 6.54 Å². The van der Waals surface area contributed by atoms with Crippen LogP contribution in [0.25, 0.3) is 0 Å². The molecule has 1 fully saturated rings. The van der Waals surface area contributed by atoms with Gasteiger partial charge in [0.25, 0.3) is 0 Å². The van der Waals surface area contributed by atoms with E-state index >= 15 is 0 Å². The summed E-state index contributed by atoms with van der Waals surface area (Å²) < 4.78 is 4.86. The highest BCUT2D eigenvalue weighted by atomic mass is 32.1. The number of hydrogen-bond donors (Lipinski definition) is 2. The van der Waals surface area contributed by atoms with Crippen molar-refractivity contribution in [1.82, 2.24) is 10.3 Å². The second kappa shape index (κ2) is 6.44. The molecule has 2 N–H and O–H groups in total. The molecular formula is C12H20N2O2S. The van der Waals surface area contributed by atoms with Crippen LogP contribution in [-0.2, 0) is 11.3 Å². The van der Waals surface area contributed by atoms with E-state index in [2.05, 4.69) is 10.3 Å². The van der Waals surface area contributed by atoms with Gasteiger partial charge in [-0.3, -0.25) is 0 Å². The Balaban J connectivity index is 1.69. The minimum absolute atomic E-state index is 0.378. The Morgan fingerprint density at radius 1 is 1.65 bits per heavy atom. The lowest BCUT2D eigenvalue weighted by Gasteiger charge is -2.22. The molecule has 0 aliphatic heterocycles. The Bertz CT molecular complexity index is 339. The molecular weight excluding hydrogens is 236 g/mol. The fourth-order valence-electron chi connectivity index (χ4n) is 1.86. The van der Waals surface area contributed by atoms with Gasteiger partial charge in [-0.05, 0) is 12.8 Å². The quantitative estimate of drug-likeness (QED) is 0.776. The SMILES string of the molecule is COCC(O)CNCc1cnc(C2CCC2)s1. The molecule has 1 aromatic heterocycles. The number of aliphatic hydroxyl groups is 1. The second-order valence-corrected chi connectivity index (χ2v) is 5.68. The second-order valence-electron chi connectivity index (χ2n) is 4.53. The Morgan fingerprint density at radius 3 is 3.12 bits per heavy atom. The molecule has 1 aromatic rings. The van der Waals surface area contributed by atoms with Crippen molar-refractivity contribution in [2.45, 2.75) is 37.8 Å². The number of nitrogens with one attached hydrogen (secondary N) is 1. The van der Waals surface area contributed by atoms with Crippen molar-refractivity contribution >= 4 is 11.3 Å². The van der Waals surface area contributed by atoms with Gasteiger partial charge in [-0.2, -0.15) is 0 Å². The normalized spacial score (nSPS) is 18.0. The molecule has 1 heterocycles. The van der Waals surface area contributed by atoms with E-state index in [1.54, 1.807) is 18.4 Å². The average molecular weight is 256 g/mol. The van der Waals surface area contributed by atoms with E-state index in [1.165, 1.54) is 29.1 Å². The van der Waals surface area contributed by atoms with Crippen LogP contribution in [0, 0.1) is 0 Å². The number of ether oxygens (including phenoxy) is 1. The van der Waals surface area contributed by atoms with Crippen molar-refractivity contribution in [3.63, 3.8) is 0 Å². The molecule has 0 radical (unpaired) electrons. The molecule has 0 aromatic carbocycles. The lowest BCUT2D eigenvalue weighted by Crippen LogP contribution is -2.29. The average Bonchev–Trinajstić information content (AvgIpc) is 2.64. The summed E-state index contributed by atoms with van der Waals surface area (Å²) >= 11 is 1.80. The molecule has 1 saturated carbocycles. The molecule has 1 aliphatic carbocycles. The summed E-state index contributed by atoms with van der Waals surface area (Å²) in [7, 11) is 1.59. The number of rotatable bonds is 7. The van der Waals surface area contributed by atoms with Gasteiger partial charge in [0.1, 0.15) is 0 Å². The predicted molar refractivity (Wildman–Crippen MR) is 68.3 cm³/mol. The zero-order chi connectivity index (χ0) is 12.1. The van der Waals surface area contributed by atoms with Gasteiger partial charge in [-0.1, -0.05) is 6.42 Å². The molecule has 1 unspecified atom stereocenters. The third-order valence-corrected chi connectivity index (χ3v) is 4.22. The molecule has 17 heavy (non-hydrogen) atoms. The Morgan fingerprint density at radius 2 is 2.47 bits per heavy atom. The van der Waals surface area contributed by atoms with E-state index in [4.69, 9.17) is 4.74 Å². The van der Waals surface area contributed by atoms with Crippen LogP contribution in [-0.4, -0.2) is 36.5 Å². The largest absolute Gasteiger partial charge is 0.389 e. The number of methoxy groups -OCH3 is 1. The van der Waals surface area contributed by atoms with E-state index in [1.807, 2.05) is 6.20 Å². The number of aliphatic hydroxyl groups excluding tert-OH is 1. The van der Waals surface area contributed by atoms with Crippen LogP contribution in [0.15, 0.2) is 6.20 Å². The van der Waals surface area contributed by atoms with Crippen LogP contribution in [0.4, 0.5) is 0 Å². The molecule has 1 aliphatic rings. The maximum Gasteiger partial charge on any atom is 0.0959 e. The lowest BCUT2D eigenvalue weighted by molar-refractivity contribution is 0.0644. The van der Waals surface area contributed by atoms with Crippen molar-refractivity contribution in [2.75, 3.05) is 20.3 Å². The summed E-state index contributed by atoms with van der Waals surface area (Å²) in [5, 5.41) is 14.0. The monoisotopic (exact) mass is 256 g/mol. The molecule has 4 nitrogen and oxygen atoms in total. The smallest absolute Gasteiger partial charge is 0.0959 e. The number of aromatic nitrogens is 1. The van der Waals surface area contributed by atoms with Crippen LogP contribution in [0.2, 0.25) is 0 Å². The summed E-state index contributed by atoms with van der Waals surface area (Å²) in [6, 6.07) is 0. The highest BCUT2D eigenvalue weighted by Crippen LogP contribution is 2.38. The molecule has 2 rings (SSSR count). The van der Waals surface area contributed by atoms with Crippen molar-refractivity contribution in [1.29, 1.82) is 0 Å². The first-order chi connectivity index (χ1) is 8.29. The van der Waals surface area contributed by atoms with Crippen molar-refractivity contribution < 1.29 is 9.84 Å². The Kier molecular flexibility index (Phi) is 4.91. The number of nitrogens with zero attached hydrogens (tertiary/aromatic N) is 1. The predicted octanol–water partition coefficient (Wildman–Crippen LogP) is 1.51. The third-order valence-electron chi connectivity index (χ3n) is 3.06. The summed E-state index contributed by atoms with van der Waals surface area (Å²) in [5.41, 5.74) is 0. The Hall–Kier alpha value is -0.490. The fourth-order valence-corrected chi connectivity index (χ4v) is 2.92. The van der Waals surface area contributed by atoms with E-state index in [-0.39, 0.29) is 0 Å². The maximum atomic E-state index is 9.47. The molecule has 0 spiro atoms. The maximum absolute atomic E-state index is 9.47. The summed E-state index contributed by atoms with van der Waals surface area (Å²) in [6.45, 7) is 1.72. The van der Waals surface area contributed by atoms with Crippen LogP contribution < -0.4 is 5.32 Å². The van der Waals surface area contributed by atoms with E-state index < -0.39 is 6.10 Å². The zero-order valence-electron chi connectivity index (χ0n) is 10.2. The molecule has 0 bridgehead atoms. The van der Waals surface area contributed by atoms with Crippen LogP contribution in [0.1, 0.15) is 35.1 Å². The van der Waals surface area contributed by atoms with Gasteiger partial charge in [0.15, 0.2) is 0 Å². The minimum Gasteiger partial charge on any atom is -0.389 e. The highest BCUT2D eigenvalue weighted by Gasteiger charge is 2.22. The van der Waals surface area contributed by atoms with Crippen molar-refractivity contribution in [2.24, 2.45) is 0 Å². The van der Waals surface area contributed by atoms with Gasteiger partial charge in [-0.15, -0.1) is 11.3 Å². The standard InChI is InChI=1S/C12H20N2O2S/c1-16-8-10(15)5-13-6-11-7-14-12(17-11)9-3-2-4-9/h7,9-10,13,15H,2-6,8H2,1H3. The summed E-state index contributed by atoms with van der Waals surface area (Å²) in [6.07, 6.45) is 5.47. The minimum atomic E-state index is -0.431. The first kappa shape index (κ1) is 13.0. The highest BCUT2D eigenvalue weighted by molar-refractivity contribution is 7.11. The number of thiazole rings is 1. The topological polar surface area (TPSA) is 54.4 Å². The van der Waals surface area contributed by atoms with Crippen LogP contribution >= 0.6 is 11.3 Å². The van der Waals surface area contributed by atoms with Gasteiger partial charge < -0.3 is 15.2 Å². The summed E-state index contributed by atoms with van der Waals surface area (Å²) in [5.74, 6) is 0.716. The third kappa shape index (κ3) is 3.74. The van der Waals surface area contributed by atoms with Crippen LogP contribution in [0.3, 0.4) is 0 Å².